The van der Waals surface area contributed by atoms with Crippen LogP contribution in [-0.2, 0) is 0 Å². The smallest absolute Gasteiger partial charge is 0.197 e. The summed E-state index contributed by atoms with van der Waals surface area (Å²) in [5.74, 6) is 2.58. The molecule has 0 fully saturated rings. The van der Waals surface area contributed by atoms with Crippen molar-refractivity contribution in [3.63, 3.8) is 0 Å². The third kappa shape index (κ3) is 2.88. The Bertz CT molecular complexity index is 492. The van der Waals surface area contributed by atoms with Gasteiger partial charge < -0.3 is 9.73 Å². The Kier molecular flexibility index (Phi) is 3.97. The molecule has 0 unspecified atom stereocenters. The Morgan fingerprint density at radius 3 is 2.78 bits per heavy atom. The van der Waals surface area contributed by atoms with Crippen LogP contribution in [-0.4, -0.2) is 16.5 Å². The molecule has 2 heterocycles. The van der Waals surface area contributed by atoms with Crippen molar-refractivity contribution in [2.24, 2.45) is 0 Å². The molecule has 2 rings (SSSR count). The van der Waals surface area contributed by atoms with Gasteiger partial charge in [-0.25, -0.2) is 9.97 Å². The number of nitrogens with zero attached hydrogens (tertiary/aromatic N) is 2. The summed E-state index contributed by atoms with van der Waals surface area (Å²) >= 11 is 0. The van der Waals surface area contributed by atoms with Gasteiger partial charge in [-0.05, 0) is 24.5 Å². The summed E-state index contributed by atoms with van der Waals surface area (Å²) in [5.41, 5.74) is 1.02. The van der Waals surface area contributed by atoms with Crippen molar-refractivity contribution in [1.29, 1.82) is 0 Å². The fraction of sp³-hybridized carbons (Fsp3) is 0.429. The molecule has 0 aliphatic carbocycles. The van der Waals surface area contributed by atoms with Crippen molar-refractivity contribution >= 4 is 5.82 Å². The minimum absolute atomic E-state index is 0.365. The number of rotatable bonds is 5. The minimum Gasteiger partial charge on any atom is -0.461 e. The summed E-state index contributed by atoms with van der Waals surface area (Å²) in [6.45, 7) is 7.28. The van der Waals surface area contributed by atoms with Crippen molar-refractivity contribution in [3.05, 3.63) is 30.2 Å². The van der Waals surface area contributed by atoms with Gasteiger partial charge in [0.05, 0.1) is 6.26 Å². The van der Waals surface area contributed by atoms with E-state index >= 15 is 0 Å². The number of nitrogens with one attached hydrogen (secondary N) is 1. The van der Waals surface area contributed by atoms with E-state index in [1.165, 1.54) is 0 Å². The van der Waals surface area contributed by atoms with Crippen LogP contribution >= 0.6 is 0 Å². The maximum absolute atomic E-state index is 5.36. The molecule has 0 atom stereocenters. The molecule has 0 saturated heterocycles. The number of hydrogen-bond acceptors (Lipinski definition) is 4. The molecule has 0 aromatic carbocycles. The summed E-state index contributed by atoms with van der Waals surface area (Å²) in [4.78, 5) is 9.02. The lowest BCUT2D eigenvalue weighted by Gasteiger charge is -2.10. The first kappa shape index (κ1) is 12.6. The second-order valence-electron chi connectivity index (χ2n) is 4.56. The summed E-state index contributed by atoms with van der Waals surface area (Å²) < 4.78 is 5.36. The summed E-state index contributed by atoms with van der Waals surface area (Å²) in [6, 6.07) is 5.73. The van der Waals surface area contributed by atoms with Crippen molar-refractivity contribution in [2.45, 2.75) is 33.1 Å². The third-order valence-corrected chi connectivity index (χ3v) is 2.64. The largest absolute Gasteiger partial charge is 0.461 e. The van der Waals surface area contributed by atoms with E-state index in [1.54, 1.807) is 6.26 Å². The third-order valence-electron chi connectivity index (χ3n) is 2.64. The highest BCUT2D eigenvalue weighted by molar-refractivity contribution is 5.51. The Morgan fingerprint density at radius 2 is 2.17 bits per heavy atom. The normalized spacial score (nSPS) is 10.9. The molecule has 0 aliphatic rings. The van der Waals surface area contributed by atoms with Gasteiger partial charge in [0.2, 0.25) is 0 Å². The summed E-state index contributed by atoms with van der Waals surface area (Å²) in [7, 11) is 0. The molecule has 4 nitrogen and oxygen atoms in total. The number of anilines is 1. The van der Waals surface area contributed by atoms with Crippen LogP contribution in [0, 0.1) is 0 Å². The van der Waals surface area contributed by atoms with Crippen LogP contribution in [0.15, 0.2) is 28.9 Å². The molecule has 18 heavy (non-hydrogen) atoms. The van der Waals surface area contributed by atoms with E-state index in [2.05, 4.69) is 36.1 Å². The van der Waals surface area contributed by atoms with Crippen molar-refractivity contribution in [2.75, 3.05) is 11.9 Å². The molecule has 0 amide bonds. The molecule has 2 aromatic rings. The number of furan rings is 1. The standard InChI is InChI=1S/C14H19N3O/c1-4-7-15-13-9-11(10(2)3)16-14(17-13)12-6-5-8-18-12/h5-6,8-10H,4,7H2,1-3H3,(H,15,16,17). The van der Waals surface area contributed by atoms with Crippen LogP contribution in [0.4, 0.5) is 5.82 Å². The molecule has 0 radical (unpaired) electrons. The fourth-order valence-corrected chi connectivity index (χ4v) is 1.62. The molecule has 0 aliphatic heterocycles. The van der Waals surface area contributed by atoms with Gasteiger partial charge in [-0.3, -0.25) is 0 Å². The second kappa shape index (κ2) is 5.67. The highest BCUT2D eigenvalue weighted by atomic mass is 16.3. The molecule has 96 valence electrons. The van der Waals surface area contributed by atoms with Gasteiger partial charge in [0.15, 0.2) is 11.6 Å². The van der Waals surface area contributed by atoms with E-state index < -0.39 is 0 Å². The van der Waals surface area contributed by atoms with Crippen LogP contribution < -0.4 is 5.32 Å². The van der Waals surface area contributed by atoms with Crippen LogP contribution in [0.2, 0.25) is 0 Å². The topological polar surface area (TPSA) is 51.0 Å². The van der Waals surface area contributed by atoms with Crippen LogP contribution in [0.5, 0.6) is 0 Å². The Hall–Kier alpha value is -1.84. The van der Waals surface area contributed by atoms with Crippen molar-refractivity contribution in [1.82, 2.24) is 9.97 Å². The maximum Gasteiger partial charge on any atom is 0.197 e. The van der Waals surface area contributed by atoms with E-state index in [0.717, 1.165) is 24.5 Å². The van der Waals surface area contributed by atoms with Crippen LogP contribution in [0.25, 0.3) is 11.6 Å². The summed E-state index contributed by atoms with van der Waals surface area (Å²) in [5, 5.41) is 3.30. The zero-order valence-electron chi connectivity index (χ0n) is 11.1. The lowest BCUT2D eigenvalue weighted by atomic mass is 10.1. The number of hydrogen-bond donors (Lipinski definition) is 1. The van der Waals surface area contributed by atoms with Crippen molar-refractivity contribution in [3.8, 4) is 11.6 Å². The molecule has 4 heteroatoms. The zero-order chi connectivity index (χ0) is 13.0. The van der Waals surface area contributed by atoms with Gasteiger partial charge in [0, 0.05) is 18.3 Å². The van der Waals surface area contributed by atoms with Gasteiger partial charge in [-0.15, -0.1) is 0 Å². The van der Waals surface area contributed by atoms with Gasteiger partial charge in [-0.1, -0.05) is 20.8 Å². The monoisotopic (exact) mass is 245 g/mol. The second-order valence-corrected chi connectivity index (χ2v) is 4.56. The molecule has 0 saturated carbocycles. The highest BCUT2D eigenvalue weighted by Crippen LogP contribution is 2.22. The maximum atomic E-state index is 5.36. The average Bonchev–Trinajstić information content (AvgIpc) is 2.89. The average molecular weight is 245 g/mol. The molecule has 2 aromatic heterocycles. The van der Waals surface area contributed by atoms with E-state index in [4.69, 9.17) is 4.42 Å². The van der Waals surface area contributed by atoms with Gasteiger partial charge in [-0.2, -0.15) is 0 Å². The van der Waals surface area contributed by atoms with Gasteiger partial charge in [0.25, 0.3) is 0 Å². The lowest BCUT2D eigenvalue weighted by Crippen LogP contribution is -2.06. The Balaban J connectivity index is 2.36. The molecular formula is C14H19N3O. The van der Waals surface area contributed by atoms with Crippen LogP contribution in [0.1, 0.15) is 38.8 Å². The predicted octanol–water partition coefficient (Wildman–Crippen LogP) is 3.68. The van der Waals surface area contributed by atoms with E-state index in [9.17, 15) is 0 Å². The minimum atomic E-state index is 0.365. The van der Waals surface area contributed by atoms with Gasteiger partial charge in [0.1, 0.15) is 5.82 Å². The first-order chi connectivity index (χ1) is 8.70. The first-order valence-electron chi connectivity index (χ1n) is 6.37. The van der Waals surface area contributed by atoms with Crippen molar-refractivity contribution < 1.29 is 4.42 Å². The molecule has 0 bridgehead atoms. The number of aromatic nitrogens is 2. The predicted molar refractivity (Wildman–Crippen MR) is 72.6 cm³/mol. The van der Waals surface area contributed by atoms with E-state index in [0.29, 0.717) is 17.5 Å². The molecular weight excluding hydrogens is 226 g/mol. The van der Waals surface area contributed by atoms with Crippen LogP contribution in [0.3, 0.4) is 0 Å². The first-order valence-corrected chi connectivity index (χ1v) is 6.37. The quantitative estimate of drug-likeness (QED) is 0.873. The van der Waals surface area contributed by atoms with E-state index in [1.807, 2.05) is 18.2 Å². The van der Waals surface area contributed by atoms with E-state index in [-0.39, 0.29) is 0 Å². The summed E-state index contributed by atoms with van der Waals surface area (Å²) in [6.07, 6.45) is 2.71. The molecule has 0 spiro atoms. The fourth-order valence-electron chi connectivity index (χ4n) is 1.62. The zero-order valence-corrected chi connectivity index (χ0v) is 11.1. The molecule has 1 N–H and O–H groups in total. The highest BCUT2D eigenvalue weighted by Gasteiger charge is 2.10. The van der Waals surface area contributed by atoms with Gasteiger partial charge >= 0.3 is 0 Å². The lowest BCUT2D eigenvalue weighted by molar-refractivity contribution is 0.576. The SMILES string of the molecule is CCCNc1cc(C(C)C)nc(-c2ccco2)n1. The Morgan fingerprint density at radius 1 is 1.33 bits per heavy atom. The Labute approximate surface area is 107 Å².